The Kier molecular flexibility index (Phi) is 4.95. The van der Waals surface area contributed by atoms with E-state index >= 15 is 0 Å². The monoisotopic (exact) mass is 350 g/mol. The summed E-state index contributed by atoms with van der Waals surface area (Å²) in [7, 11) is 0. The maximum Gasteiger partial charge on any atom is 0.128 e. The van der Waals surface area contributed by atoms with Crippen molar-refractivity contribution < 1.29 is 4.39 Å². The van der Waals surface area contributed by atoms with Gasteiger partial charge in [0.25, 0.3) is 0 Å². The predicted molar refractivity (Wildman–Crippen MR) is 101 cm³/mol. The molecule has 4 nitrogen and oxygen atoms in total. The zero-order valence-corrected chi connectivity index (χ0v) is 14.7. The first-order chi connectivity index (χ1) is 12.8. The summed E-state index contributed by atoms with van der Waals surface area (Å²) in [6, 6.07) is 15.9. The summed E-state index contributed by atoms with van der Waals surface area (Å²) in [4.78, 5) is 2.26. The Morgan fingerprint density at radius 1 is 1.04 bits per heavy atom. The average Bonchev–Trinajstić information content (AvgIpc) is 3.23. The zero-order valence-electron chi connectivity index (χ0n) is 14.7. The van der Waals surface area contributed by atoms with Crippen molar-refractivity contribution in [1.29, 1.82) is 0 Å². The molecule has 5 heteroatoms. The third-order valence-corrected chi connectivity index (χ3v) is 5.27. The van der Waals surface area contributed by atoms with Gasteiger partial charge in [-0.15, -0.1) is 0 Å². The zero-order chi connectivity index (χ0) is 17.8. The van der Waals surface area contributed by atoms with E-state index in [1.165, 1.54) is 5.56 Å². The fraction of sp³-hybridized carbons (Fsp3) is 0.333. The number of aryl methyl sites for hydroxylation is 2. The predicted octanol–water partition coefficient (Wildman–Crippen LogP) is 4.11. The summed E-state index contributed by atoms with van der Waals surface area (Å²) in [5, 5.41) is 10.8. The number of nitrogens with one attached hydrogen (secondary N) is 1. The van der Waals surface area contributed by atoms with Gasteiger partial charge < -0.3 is 4.90 Å². The van der Waals surface area contributed by atoms with E-state index in [9.17, 15) is 4.39 Å². The smallest absolute Gasteiger partial charge is 0.128 e. The van der Waals surface area contributed by atoms with Crippen molar-refractivity contribution in [3.05, 3.63) is 77.4 Å². The number of aromatic nitrogens is 3. The van der Waals surface area contributed by atoms with Crippen molar-refractivity contribution in [2.75, 3.05) is 18.0 Å². The molecule has 0 amide bonds. The maximum absolute atomic E-state index is 14.6. The first kappa shape index (κ1) is 16.8. The van der Waals surface area contributed by atoms with Crippen LogP contribution >= 0.6 is 0 Å². The Hall–Kier alpha value is -2.69. The first-order valence-corrected chi connectivity index (χ1v) is 9.22. The third-order valence-electron chi connectivity index (χ3n) is 5.27. The second-order valence-corrected chi connectivity index (χ2v) is 6.92. The van der Waals surface area contributed by atoms with Crippen molar-refractivity contribution in [2.24, 2.45) is 0 Å². The number of rotatable bonds is 5. The number of nitrogens with zero attached hydrogens (tertiary/aromatic N) is 3. The van der Waals surface area contributed by atoms with Gasteiger partial charge in [-0.1, -0.05) is 36.4 Å². The van der Waals surface area contributed by atoms with Crippen molar-refractivity contribution >= 4 is 5.69 Å². The minimum Gasteiger partial charge on any atom is -0.371 e. The lowest BCUT2D eigenvalue weighted by Gasteiger charge is -2.33. The van der Waals surface area contributed by atoms with E-state index in [4.69, 9.17) is 0 Å². The molecule has 2 aromatic carbocycles. The van der Waals surface area contributed by atoms with Gasteiger partial charge in [-0.2, -0.15) is 15.4 Å². The largest absolute Gasteiger partial charge is 0.371 e. The van der Waals surface area contributed by atoms with Gasteiger partial charge in [-0.3, -0.25) is 0 Å². The SMILES string of the molecule is Fc1cc(N2CCC(c3cn[nH]n3)CC2)ccc1CCc1ccccc1. The summed E-state index contributed by atoms with van der Waals surface area (Å²) >= 11 is 0. The van der Waals surface area contributed by atoms with Crippen LogP contribution in [0.25, 0.3) is 0 Å². The Morgan fingerprint density at radius 3 is 2.54 bits per heavy atom. The summed E-state index contributed by atoms with van der Waals surface area (Å²) in [6.07, 6.45) is 5.43. The number of hydrogen-bond acceptors (Lipinski definition) is 3. The fourth-order valence-corrected chi connectivity index (χ4v) is 3.70. The third kappa shape index (κ3) is 3.77. The molecule has 0 spiro atoms. The molecule has 0 aliphatic carbocycles. The number of aromatic amines is 1. The minimum absolute atomic E-state index is 0.0999. The number of anilines is 1. The minimum atomic E-state index is -0.0999. The van der Waals surface area contributed by atoms with Crippen molar-refractivity contribution in [3.63, 3.8) is 0 Å². The number of piperidine rings is 1. The standard InChI is InChI=1S/C21H23FN4/c22-20-14-19(9-8-17(20)7-6-16-4-2-1-3-5-16)26-12-10-18(11-13-26)21-15-23-25-24-21/h1-5,8-9,14-15,18H,6-7,10-13H2,(H,23,24,25). The number of hydrogen-bond donors (Lipinski definition) is 1. The van der Waals surface area contributed by atoms with Crippen LogP contribution in [0.1, 0.15) is 35.6 Å². The summed E-state index contributed by atoms with van der Waals surface area (Å²) < 4.78 is 14.6. The summed E-state index contributed by atoms with van der Waals surface area (Å²) in [5.74, 6) is 0.344. The first-order valence-electron chi connectivity index (χ1n) is 9.22. The van der Waals surface area contributed by atoms with Gasteiger partial charge in [0.05, 0.1) is 11.9 Å². The topological polar surface area (TPSA) is 44.8 Å². The highest BCUT2D eigenvalue weighted by atomic mass is 19.1. The fourth-order valence-electron chi connectivity index (χ4n) is 3.70. The van der Waals surface area contributed by atoms with Crippen LogP contribution in [0.2, 0.25) is 0 Å². The highest BCUT2D eigenvalue weighted by molar-refractivity contribution is 5.49. The molecule has 0 atom stereocenters. The van der Waals surface area contributed by atoms with Crippen LogP contribution in [0.4, 0.5) is 10.1 Å². The van der Waals surface area contributed by atoms with E-state index in [-0.39, 0.29) is 5.82 Å². The molecule has 134 valence electrons. The maximum atomic E-state index is 14.6. The van der Waals surface area contributed by atoms with Crippen molar-refractivity contribution in [3.8, 4) is 0 Å². The lowest BCUT2D eigenvalue weighted by Crippen LogP contribution is -2.33. The molecule has 1 aliphatic heterocycles. The van der Waals surface area contributed by atoms with Gasteiger partial charge in [0.2, 0.25) is 0 Å². The lowest BCUT2D eigenvalue weighted by molar-refractivity contribution is 0.494. The van der Waals surface area contributed by atoms with Crippen LogP contribution in [-0.4, -0.2) is 28.5 Å². The Morgan fingerprint density at radius 2 is 1.85 bits per heavy atom. The van der Waals surface area contributed by atoms with Crippen LogP contribution in [-0.2, 0) is 12.8 Å². The number of benzene rings is 2. The normalized spacial score (nSPS) is 15.3. The van der Waals surface area contributed by atoms with E-state index in [1.54, 1.807) is 6.07 Å². The Bertz CT molecular complexity index is 824. The average molecular weight is 350 g/mol. The van der Waals surface area contributed by atoms with Gasteiger partial charge >= 0.3 is 0 Å². The van der Waals surface area contributed by atoms with Crippen LogP contribution < -0.4 is 4.90 Å². The number of halogens is 1. The molecule has 0 saturated carbocycles. The number of H-pyrrole nitrogens is 1. The highest BCUT2D eigenvalue weighted by Gasteiger charge is 2.23. The highest BCUT2D eigenvalue weighted by Crippen LogP contribution is 2.29. The summed E-state index contributed by atoms with van der Waals surface area (Å²) in [6.45, 7) is 1.83. The molecule has 2 heterocycles. The molecular weight excluding hydrogens is 327 g/mol. The van der Waals surface area contributed by atoms with Crippen LogP contribution in [0.3, 0.4) is 0 Å². The van der Waals surface area contributed by atoms with Crippen LogP contribution in [0.5, 0.6) is 0 Å². The van der Waals surface area contributed by atoms with E-state index in [1.807, 2.05) is 30.5 Å². The van der Waals surface area contributed by atoms with E-state index in [0.29, 0.717) is 5.92 Å². The van der Waals surface area contributed by atoms with Gasteiger partial charge in [0.1, 0.15) is 5.82 Å². The van der Waals surface area contributed by atoms with E-state index < -0.39 is 0 Å². The van der Waals surface area contributed by atoms with Gasteiger partial charge in [-0.05, 0) is 48.9 Å². The van der Waals surface area contributed by atoms with Crippen LogP contribution in [0, 0.1) is 5.82 Å². The van der Waals surface area contributed by atoms with E-state index in [0.717, 1.165) is 55.7 Å². The molecule has 0 bridgehead atoms. The molecule has 0 radical (unpaired) electrons. The van der Waals surface area contributed by atoms with Crippen LogP contribution in [0.15, 0.2) is 54.7 Å². The second-order valence-electron chi connectivity index (χ2n) is 6.92. The second kappa shape index (κ2) is 7.68. The van der Waals surface area contributed by atoms with E-state index in [2.05, 4.69) is 38.5 Å². The molecule has 1 fully saturated rings. The lowest BCUT2D eigenvalue weighted by atomic mass is 9.93. The Labute approximate surface area is 153 Å². The molecule has 1 saturated heterocycles. The molecule has 26 heavy (non-hydrogen) atoms. The summed E-state index contributed by atoms with van der Waals surface area (Å²) in [5.41, 5.74) is 4.04. The van der Waals surface area contributed by atoms with Gasteiger partial charge in [-0.25, -0.2) is 4.39 Å². The molecule has 4 rings (SSSR count). The molecular formula is C21H23FN4. The molecule has 3 aromatic rings. The molecule has 1 aliphatic rings. The molecule has 1 aromatic heterocycles. The van der Waals surface area contributed by atoms with Gasteiger partial charge in [0, 0.05) is 24.7 Å². The molecule has 0 unspecified atom stereocenters. The van der Waals surface area contributed by atoms with Crippen molar-refractivity contribution in [2.45, 2.75) is 31.6 Å². The molecule has 1 N–H and O–H groups in total. The quantitative estimate of drug-likeness (QED) is 0.753. The van der Waals surface area contributed by atoms with Gasteiger partial charge in [0.15, 0.2) is 0 Å². The Balaban J connectivity index is 1.37. The van der Waals surface area contributed by atoms with Crippen molar-refractivity contribution in [1.82, 2.24) is 15.4 Å².